The number of carboxylic acid groups (broad SMARTS) is 1. The Balaban J connectivity index is 1.78. The minimum absolute atomic E-state index is 0.370. The van der Waals surface area contributed by atoms with Crippen LogP contribution in [-0.4, -0.2) is 26.1 Å². The first-order valence-electron chi connectivity index (χ1n) is 8.18. The van der Waals surface area contributed by atoms with Gasteiger partial charge in [0.25, 0.3) is 0 Å². The Labute approximate surface area is 163 Å². The molecule has 0 amide bonds. The van der Waals surface area contributed by atoms with Gasteiger partial charge in [0.15, 0.2) is 0 Å². The molecular weight excluding hydrogens is 410 g/mol. The fourth-order valence-corrected chi connectivity index (χ4v) is 3.08. The Morgan fingerprint density at radius 3 is 2.22 bits per heavy atom. The number of carbonyl (C=O) groups is 1. The van der Waals surface area contributed by atoms with E-state index in [1.54, 1.807) is 42.5 Å². The molecule has 0 bridgehead atoms. The molecule has 1 atom stereocenters. The van der Waals surface area contributed by atoms with Gasteiger partial charge in [0.2, 0.25) is 6.10 Å². The van der Waals surface area contributed by atoms with Gasteiger partial charge in [0, 0.05) is 10.0 Å². The molecule has 0 aliphatic carbocycles. The van der Waals surface area contributed by atoms with Crippen LogP contribution >= 0.6 is 15.9 Å². The van der Waals surface area contributed by atoms with E-state index in [0.29, 0.717) is 17.0 Å². The summed E-state index contributed by atoms with van der Waals surface area (Å²) in [7, 11) is 0. The lowest BCUT2D eigenvalue weighted by Crippen LogP contribution is -2.19. The van der Waals surface area contributed by atoms with Crippen LogP contribution in [0.15, 0.2) is 77.3 Å². The molecule has 1 N–H and O–H groups in total. The average Bonchev–Trinajstić information content (AvgIpc) is 3.11. The molecule has 134 valence electrons. The SMILES string of the molecule is O=C(O)C(Oc1ccc(Br)cc1-n1nc2ccccc2n1)c1ccccc1. The zero-order valence-corrected chi connectivity index (χ0v) is 15.6. The highest BCUT2D eigenvalue weighted by Crippen LogP contribution is 2.31. The quantitative estimate of drug-likeness (QED) is 0.514. The number of ether oxygens (including phenoxy) is 1. The molecule has 1 unspecified atom stereocenters. The number of aliphatic carboxylic acids is 1. The van der Waals surface area contributed by atoms with E-state index in [-0.39, 0.29) is 0 Å². The van der Waals surface area contributed by atoms with Crippen LogP contribution in [0.25, 0.3) is 16.7 Å². The highest BCUT2D eigenvalue weighted by atomic mass is 79.9. The smallest absolute Gasteiger partial charge is 0.349 e. The van der Waals surface area contributed by atoms with Crippen LogP contribution in [0.4, 0.5) is 0 Å². The van der Waals surface area contributed by atoms with Crippen LogP contribution in [0, 0.1) is 0 Å². The Kier molecular flexibility index (Phi) is 4.60. The molecule has 6 nitrogen and oxygen atoms in total. The summed E-state index contributed by atoms with van der Waals surface area (Å²) in [5.74, 6) is -0.705. The van der Waals surface area contributed by atoms with Crippen molar-refractivity contribution in [1.29, 1.82) is 0 Å². The number of aromatic nitrogens is 3. The number of fused-ring (bicyclic) bond motifs is 1. The molecule has 3 aromatic carbocycles. The van der Waals surface area contributed by atoms with E-state index < -0.39 is 12.1 Å². The van der Waals surface area contributed by atoms with Gasteiger partial charge in [-0.2, -0.15) is 0 Å². The van der Waals surface area contributed by atoms with Crippen molar-refractivity contribution in [3.05, 3.63) is 82.8 Å². The molecule has 4 rings (SSSR count). The lowest BCUT2D eigenvalue weighted by Gasteiger charge is -2.17. The second kappa shape index (κ2) is 7.20. The monoisotopic (exact) mass is 423 g/mol. The van der Waals surface area contributed by atoms with E-state index in [1.807, 2.05) is 30.3 Å². The van der Waals surface area contributed by atoms with Crippen LogP contribution < -0.4 is 4.74 Å². The normalized spacial score (nSPS) is 12.0. The van der Waals surface area contributed by atoms with Crippen LogP contribution in [0.1, 0.15) is 11.7 Å². The van der Waals surface area contributed by atoms with Gasteiger partial charge in [-0.15, -0.1) is 15.0 Å². The zero-order valence-electron chi connectivity index (χ0n) is 14.0. The lowest BCUT2D eigenvalue weighted by atomic mass is 10.1. The second-order valence-electron chi connectivity index (χ2n) is 5.84. The highest BCUT2D eigenvalue weighted by molar-refractivity contribution is 9.10. The van der Waals surface area contributed by atoms with Crippen LogP contribution in [0.3, 0.4) is 0 Å². The Hall–Kier alpha value is -3.19. The summed E-state index contributed by atoms with van der Waals surface area (Å²) in [4.78, 5) is 13.2. The van der Waals surface area contributed by atoms with Crippen molar-refractivity contribution < 1.29 is 14.6 Å². The molecule has 4 aromatic rings. The summed E-state index contributed by atoms with van der Waals surface area (Å²) >= 11 is 3.44. The van der Waals surface area contributed by atoms with Crippen molar-refractivity contribution in [2.75, 3.05) is 0 Å². The van der Waals surface area contributed by atoms with Gasteiger partial charge in [0.1, 0.15) is 22.5 Å². The molecule has 7 heteroatoms. The van der Waals surface area contributed by atoms with E-state index >= 15 is 0 Å². The Bertz CT molecular complexity index is 1080. The van der Waals surface area contributed by atoms with E-state index in [1.165, 1.54) is 4.80 Å². The number of carboxylic acids is 1. The molecule has 0 radical (unpaired) electrons. The first-order chi connectivity index (χ1) is 13.1. The standard InChI is InChI=1S/C20H14BrN3O3/c21-14-10-11-18(27-19(20(25)26)13-6-2-1-3-7-13)17(12-14)24-22-15-8-4-5-9-16(15)23-24/h1-12,19H,(H,25,26). The Morgan fingerprint density at radius 1 is 0.963 bits per heavy atom. The first-order valence-corrected chi connectivity index (χ1v) is 8.97. The summed E-state index contributed by atoms with van der Waals surface area (Å²) < 4.78 is 6.68. The first kappa shape index (κ1) is 17.2. The van der Waals surface area contributed by atoms with Crippen LogP contribution in [-0.2, 0) is 4.79 Å². The van der Waals surface area contributed by atoms with Crippen molar-refractivity contribution in [2.45, 2.75) is 6.10 Å². The van der Waals surface area contributed by atoms with Crippen molar-refractivity contribution in [3.63, 3.8) is 0 Å². The second-order valence-corrected chi connectivity index (χ2v) is 6.75. The third-order valence-electron chi connectivity index (χ3n) is 3.99. The molecule has 0 spiro atoms. The fourth-order valence-electron chi connectivity index (χ4n) is 2.73. The van der Waals surface area contributed by atoms with Gasteiger partial charge in [-0.1, -0.05) is 58.4 Å². The predicted molar refractivity (Wildman–Crippen MR) is 104 cm³/mol. The number of rotatable bonds is 5. The molecule has 0 fully saturated rings. The van der Waals surface area contributed by atoms with Gasteiger partial charge < -0.3 is 9.84 Å². The number of benzene rings is 3. The maximum absolute atomic E-state index is 11.8. The molecule has 0 aliphatic heterocycles. The number of nitrogens with zero attached hydrogens (tertiary/aromatic N) is 3. The fraction of sp³-hybridized carbons (Fsp3) is 0.0500. The largest absolute Gasteiger partial charge is 0.478 e. The topological polar surface area (TPSA) is 77.2 Å². The third kappa shape index (κ3) is 3.54. The van der Waals surface area contributed by atoms with E-state index in [2.05, 4.69) is 26.1 Å². The lowest BCUT2D eigenvalue weighted by molar-refractivity contribution is -0.145. The van der Waals surface area contributed by atoms with Gasteiger partial charge in [0.05, 0.1) is 0 Å². The number of halogens is 1. The van der Waals surface area contributed by atoms with Gasteiger partial charge in [-0.25, -0.2) is 4.79 Å². The van der Waals surface area contributed by atoms with Crippen molar-refractivity contribution in [3.8, 4) is 11.4 Å². The van der Waals surface area contributed by atoms with Crippen molar-refractivity contribution in [2.24, 2.45) is 0 Å². The van der Waals surface area contributed by atoms with Gasteiger partial charge >= 0.3 is 5.97 Å². The Morgan fingerprint density at radius 2 is 1.59 bits per heavy atom. The van der Waals surface area contributed by atoms with E-state index in [0.717, 1.165) is 15.5 Å². The molecular formula is C20H14BrN3O3. The summed E-state index contributed by atoms with van der Waals surface area (Å²) in [6.07, 6.45) is -1.14. The van der Waals surface area contributed by atoms with Gasteiger partial charge in [-0.05, 0) is 30.3 Å². The minimum Gasteiger partial charge on any atom is -0.478 e. The summed E-state index contributed by atoms with van der Waals surface area (Å²) in [6.45, 7) is 0. The molecule has 27 heavy (non-hydrogen) atoms. The maximum Gasteiger partial charge on any atom is 0.349 e. The summed E-state index contributed by atoms with van der Waals surface area (Å²) in [5, 5.41) is 18.6. The summed E-state index contributed by atoms with van der Waals surface area (Å²) in [5.41, 5.74) is 2.57. The average molecular weight is 424 g/mol. The molecule has 0 saturated heterocycles. The summed E-state index contributed by atoms with van der Waals surface area (Å²) in [6, 6.07) is 21.6. The molecule has 0 saturated carbocycles. The van der Waals surface area contributed by atoms with E-state index in [9.17, 15) is 9.90 Å². The minimum atomic E-state index is -1.14. The molecule has 1 heterocycles. The zero-order chi connectivity index (χ0) is 18.8. The van der Waals surface area contributed by atoms with Crippen LogP contribution in [0.5, 0.6) is 5.75 Å². The molecule has 0 aliphatic rings. The number of hydrogen-bond donors (Lipinski definition) is 1. The van der Waals surface area contributed by atoms with Gasteiger partial charge in [-0.3, -0.25) is 0 Å². The third-order valence-corrected chi connectivity index (χ3v) is 4.49. The van der Waals surface area contributed by atoms with Crippen molar-refractivity contribution in [1.82, 2.24) is 15.0 Å². The van der Waals surface area contributed by atoms with Crippen LogP contribution in [0.2, 0.25) is 0 Å². The number of hydrogen-bond acceptors (Lipinski definition) is 4. The maximum atomic E-state index is 11.8. The predicted octanol–water partition coefficient (Wildman–Crippen LogP) is 4.39. The van der Waals surface area contributed by atoms with Crippen molar-refractivity contribution >= 4 is 32.9 Å². The molecule has 1 aromatic heterocycles. The highest BCUT2D eigenvalue weighted by Gasteiger charge is 2.24. The van der Waals surface area contributed by atoms with E-state index in [4.69, 9.17) is 4.74 Å².